The molecule has 1 aromatic rings. The zero-order valence-corrected chi connectivity index (χ0v) is 19.0. The van der Waals surface area contributed by atoms with Crippen molar-refractivity contribution in [2.75, 3.05) is 58.7 Å². The molecule has 1 fully saturated rings. The van der Waals surface area contributed by atoms with Crippen LogP contribution in [-0.4, -0.2) is 93.6 Å². The smallest absolute Gasteiger partial charge is 0.236 e. The molecule has 1 heterocycles. The van der Waals surface area contributed by atoms with E-state index in [9.17, 15) is 18.0 Å². The van der Waals surface area contributed by atoms with Gasteiger partial charge in [0.05, 0.1) is 18.0 Å². The molecule has 0 saturated carbocycles. The quantitative estimate of drug-likeness (QED) is 0.510. The lowest BCUT2D eigenvalue weighted by Crippen LogP contribution is -2.51. The van der Waals surface area contributed by atoms with Crippen molar-refractivity contribution in [2.24, 2.45) is 0 Å². The highest BCUT2D eigenvalue weighted by atomic mass is 32.2. The van der Waals surface area contributed by atoms with Crippen molar-refractivity contribution >= 4 is 21.7 Å². The second-order valence-corrected chi connectivity index (χ2v) is 9.43. The number of hydrogen-bond acceptors (Lipinski definition) is 6. The fraction of sp³-hybridized carbons (Fsp3) is 0.619. The van der Waals surface area contributed by atoms with Gasteiger partial charge in [0, 0.05) is 51.9 Å². The van der Waals surface area contributed by atoms with Crippen LogP contribution in [0.1, 0.15) is 26.7 Å². The van der Waals surface area contributed by atoms with Gasteiger partial charge in [-0.2, -0.15) is 0 Å². The SMILES string of the molecule is CCN(CC)C(=O)CN1CCN(C(=O)CCCOc2ccc(S(C)(=O)=O)cc2)CC1. The third-order valence-corrected chi connectivity index (χ3v) is 6.38. The number of likely N-dealkylation sites (N-methyl/N-ethyl adjacent to an activating group) is 1. The van der Waals surface area contributed by atoms with Crippen molar-refractivity contribution in [1.82, 2.24) is 14.7 Å². The van der Waals surface area contributed by atoms with Crippen molar-refractivity contribution < 1.29 is 22.7 Å². The van der Waals surface area contributed by atoms with Crippen LogP contribution in [0.5, 0.6) is 5.75 Å². The normalized spacial score (nSPS) is 15.1. The fourth-order valence-electron chi connectivity index (χ4n) is 3.38. The number of ether oxygens (including phenoxy) is 1. The van der Waals surface area contributed by atoms with Gasteiger partial charge < -0.3 is 14.5 Å². The van der Waals surface area contributed by atoms with Gasteiger partial charge in [-0.05, 0) is 44.5 Å². The number of carbonyl (C=O) groups excluding carboxylic acids is 2. The first-order valence-corrected chi connectivity index (χ1v) is 12.3. The van der Waals surface area contributed by atoms with Gasteiger partial charge in [-0.25, -0.2) is 8.42 Å². The van der Waals surface area contributed by atoms with Crippen LogP contribution >= 0.6 is 0 Å². The van der Waals surface area contributed by atoms with Gasteiger partial charge in [-0.15, -0.1) is 0 Å². The second kappa shape index (κ2) is 11.3. The van der Waals surface area contributed by atoms with Gasteiger partial charge in [0.25, 0.3) is 0 Å². The Kier molecular flexibility index (Phi) is 9.10. The summed E-state index contributed by atoms with van der Waals surface area (Å²) < 4.78 is 28.5. The number of piperazine rings is 1. The highest BCUT2D eigenvalue weighted by molar-refractivity contribution is 7.90. The number of rotatable bonds is 10. The maximum atomic E-state index is 12.4. The Labute approximate surface area is 179 Å². The monoisotopic (exact) mass is 439 g/mol. The van der Waals surface area contributed by atoms with E-state index in [1.165, 1.54) is 12.1 Å². The average molecular weight is 440 g/mol. The van der Waals surface area contributed by atoms with Crippen molar-refractivity contribution in [2.45, 2.75) is 31.6 Å². The summed E-state index contributed by atoms with van der Waals surface area (Å²) in [6.45, 7) is 8.90. The summed E-state index contributed by atoms with van der Waals surface area (Å²) in [5.41, 5.74) is 0. The molecule has 0 aromatic heterocycles. The van der Waals surface area contributed by atoms with Crippen LogP contribution in [0.15, 0.2) is 29.2 Å². The molecule has 2 amide bonds. The summed E-state index contributed by atoms with van der Waals surface area (Å²) >= 11 is 0. The molecule has 0 aliphatic carbocycles. The van der Waals surface area contributed by atoms with Gasteiger partial charge in [-0.3, -0.25) is 14.5 Å². The first kappa shape index (κ1) is 24.1. The van der Waals surface area contributed by atoms with E-state index in [0.717, 1.165) is 19.3 Å². The van der Waals surface area contributed by atoms with Crippen molar-refractivity contribution in [3.8, 4) is 5.75 Å². The second-order valence-electron chi connectivity index (χ2n) is 7.42. The Bertz CT molecular complexity index is 798. The Hall–Kier alpha value is -2.13. The first-order chi connectivity index (χ1) is 14.2. The van der Waals surface area contributed by atoms with E-state index in [4.69, 9.17) is 4.74 Å². The van der Waals surface area contributed by atoms with E-state index in [0.29, 0.717) is 57.9 Å². The molecule has 9 heteroatoms. The third kappa shape index (κ3) is 7.28. The largest absolute Gasteiger partial charge is 0.494 e. The lowest BCUT2D eigenvalue weighted by molar-refractivity contribution is -0.135. The van der Waals surface area contributed by atoms with Gasteiger partial charge in [-0.1, -0.05) is 0 Å². The van der Waals surface area contributed by atoms with Crippen LogP contribution in [-0.2, 0) is 19.4 Å². The van der Waals surface area contributed by atoms with E-state index < -0.39 is 9.84 Å². The van der Waals surface area contributed by atoms with Gasteiger partial charge in [0.1, 0.15) is 5.75 Å². The number of hydrogen-bond donors (Lipinski definition) is 0. The summed E-state index contributed by atoms with van der Waals surface area (Å²) in [5, 5.41) is 0. The summed E-state index contributed by atoms with van der Waals surface area (Å²) in [7, 11) is -3.22. The number of nitrogens with zero attached hydrogens (tertiary/aromatic N) is 3. The molecule has 0 atom stereocenters. The van der Waals surface area contributed by atoms with E-state index in [1.54, 1.807) is 12.1 Å². The van der Waals surface area contributed by atoms with E-state index >= 15 is 0 Å². The average Bonchev–Trinajstić information content (AvgIpc) is 2.72. The Morgan fingerprint density at radius 2 is 1.63 bits per heavy atom. The highest BCUT2D eigenvalue weighted by Crippen LogP contribution is 2.16. The molecule has 1 aliphatic heterocycles. The van der Waals surface area contributed by atoms with Gasteiger partial charge >= 0.3 is 0 Å². The lowest BCUT2D eigenvalue weighted by Gasteiger charge is -2.35. The molecule has 0 bridgehead atoms. The molecular formula is C21H33N3O5S. The zero-order chi connectivity index (χ0) is 22.1. The Morgan fingerprint density at radius 1 is 1.03 bits per heavy atom. The molecule has 0 unspecified atom stereocenters. The Morgan fingerprint density at radius 3 is 2.17 bits per heavy atom. The first-order valence-electron chi connectivity index (χ1n) is 10.5. The predicted molar refractivity (Wildman–Crippen MR) is 115 cm³/mol. The predicted octanol–water partition coefficient (Wildman–Crippen LogP) is 1.26. The summed E-state index contributed by atoms with van der Waals surface area (Å²) in [6.07, 6.45) is 2.16. The van der Waals surface area contributed by atoms with Crippen molar-refractivity contribution in [3.05, 3.63) is 24.3 Å². The minimum Gasteiger partial charge on any atom is -0.494 e. The maximum Gasteiger partial charge on any atom is 0.236 e. The van der Waals surface area contributed by atoms with Gasteiger partial charge in [0.15, 0.2) is 9.84 Å². The topological polar surface area (TPSA) is 87.2 Å². The molecule has 1 saturated heterocycles. The number of sulfone groups is 1. The van der Waals surface area contributed by atoms with E-state index in [2.05, 4.69) is 4.90 Å². The molecule has 30 heavy (non-hydrogen) atoms. The van der Waals surface area contributed by atoms with Crippen LogP contribution in [0.2, 0.25) is 0 Å². The fourth-order valence-corrected chi connectivity index (χ4v) is 4.01. The third-order valence-electron chi connectivity index (χ3n) is 5.26. The minimum absolute atomic E-state index is 0.0979. The van der Waals surface area contributed by atoms with Crippen molar-refractivity contribution in [1.29, 1.82) is 0 Å². The highest BCUT2D eigenvalue weighted by Gasteiger charge is 2.23. The molecule has 168 valence electrons. The Balaban J connectivity index is 1.66. The molecule has 1 aliphatic rings. The molecule has 0 spiro atoms. The number of benzene rings is 1. The number of carbonyl (C=O) groups is 2. The molecule has 2 rings (SSSR count). The van der Waals surface area contributed by atoms with Crippen LogP contribution in [0, 0.1) is 0 Å². The molecular weight excluding hydrogens is 406 g/mol. The molecule has 8 nitrogen and oxygen atoms in total. The summed E-state index contributed by atoms with van der Waals surface area (Å²) in [6, 6.07) is 6.27. The zero-order valence-electron chi connectivity index (χ0n) is 18.2. The van der Waals surface area contributed by atoms with Gasteiger partial charge in [0.2, 0.25) is 11.8 Å². The van der Waals surface area contributed by atoms with Crippen LogP contribution < -0.4 is 4.74 Å². The summed E-state index contributed by atoms with van der Waals surface area (Å²) in [4.78, 5) is 30.6. The van der Waals surface area contributed by atoms with Crippen LogP contribution in [0.3, 0.4) is 0 Å². The molecule has 0 N–H and O–H groups in total. The minimum atomic E-state index is -3.22. The summed E-state index contributed by atoms with van der Waals surface area (Å²) in [5.74, 6) is 0.823. The number of amides is 2. The van der Waals surface area contributed by atoms with Crippen molar-refractivity contribution in [3.63, 3.8) is 0 Å². The van der Waals surface area contributed by atoms with E-state index in [-0.39, 0.29) is 16.7 Å². The van der Waals surface area contributed by atoms with Crippen LogP contribution in [0.25, 0.3) is 0 Å². The van der Waals surface area contributed by atoms with E-state index in [1.807, 2.05) is 23.6 Å². The maximum absolute atomic E-state index is 12.4. The molecule has 1 aromatic carbocycles. The lowest BCUT2D eigenvalue weighted by atomic mass is 10.2. The molecule has 0 radical (unpaired) electrons. The van der Waals surface area contributed by atoms with Crippen LogP contribution in [0.4, 0.5) is 0 Å². The standard InChI is InChI=1S/C21H33N3O5S/c1-4-23(5-2)21(26)17-22-12-14-24(15-13-22)20(25)7-6-16-29-18-8-10-19(11-9-18)30(3,27)28/h8-11H,4-7,12-17H2,1-3H3.